The van der Waals surface area contributed by atoms with Gasteiger partial charge in [0.05, 0.1) is 16.6 Å². The molecular formula is C54H49N5Pt. The van der Waals surface area contributed by atoms with Crippen LogP contribution in [-0.2, 0) is 37.3 Å². The van der Waals surface area contributed by atoms with Crippen molar-refractivity contribution in [3.8, 4) is 33.9 Å². The van der Waals surface area contributed by atoms with Crippen molar-refractivity contribution >= 4 is 54.8 Å². The van der Waals surface area contributed by atoms with Gasteiger partial charge >= 0.3 is 21.1 Å². The Hall–Kier alpha value is -5.77. The Labute approximate surface area is 366 Å². The summed E-state index contributed by atoms with van der Waals surface area (Å²) in [7, 11) is 0. The number of hydrogen-bond acceptors (Lipinski definition) is 2. The molecule has 10 rings (SSSR count). The number of rotatable bonds is 4. The molecule has 0 amide bonds. The Morgan fingerprint density at radius 3 is 1.95 bits per heavy atom. The molecule has 0 unspecified atom stereocenters. The fraction of sp³-hybridized carbons (Fsp3) is 0.222. The summed E-state index contributed by atoms with van der Waals surface area (Å²) in [5, 5.41) is 4.64. The van der Waals surface area contributed by atoms with Crippen LogP contribution in [-0.4, -0.2) is 19.1 Å². The fourth-order valence-corrected chi connectivity index (χ4v) is 8.65. The number of aromatic nitrogens is 5. The minimum Gasteiger partial charge on any atom is -0.656 e. The van der Waals surface area contributed by atoms with Crippen molar-refractivity contribution < 1.29 is 21.1 Å². The molecule has 300 valence electrons. The predicted molar refractivity (Wildman–Crippen MR) is 247 cm³/mol. The van der Waals surface area contributed by atoms with Crippen molar-refractivity contribution in [3.63, 3.8) is 0 Å². The van der Waals surface area contributed by atoms with Crippen molar-refractivity contribution in [2.24, 2.45) is 0 Å². The first kappa shape index (κ1) is 39.7. The van der Waals surface area contributed by atoms with Crippen LogP contribution in [0.15, 0.2) is 134 Å². The van der Waals surface area contributed by atoms with Gasteiger partial charge in [-0.15, -0.1) is 40.9 Å². The number of nitrogens with zero attached hydrogens (tertiary/aromatic N) is 5. The van der Waals surface area contributed by atoms with E-state index in [1.54, 1.807) is 0 Å². The van der Waals surface area contributed by atoms with Crippen LogP contribution in [0.2, 0.25) is 0 Å². The second-order valence-electron chi connectivity index (χ2n) is 19.2. The van der Waals surface area contributed by atoms with Gasteiger partial charge in [-0.2, -0.15) is 0 Å². The van der Waals surface area contributed by atoms with E-state index in [4.69, 9.17) is 15.0 Å². The molecule has 0 fully saturated rings. The van der Waals surface area contributed by atoms with Crippen LogP contribution >= 0.6 is 0 Å². The molecular weight excluding hydrogens is 914 g/mol. The summed E-state index contributed by atoms with van der Waals surface area (Å²) in [5.74, 6) is 0.869. The van der Waals surface area contributed by atoms with E-state index in [0.717, 1.165) is 77.9 Å². The van der Waals surface area contributed by atoms with Crippen molar-refractivity contribution in [1.82, 2.24) is 24.1 Å². The van der Waals surface area contributed by atoms with Gasteiger partial charge in [0, 0.05) is 28.2 Å². The molecule has 4 heterocycles. The van der Waals surface area contributed by atoms with E-state index in [1.807, 2.05) is 12.3 Å². The molecule has 0 radical (unpaired) electrons. The smallest absolute Gasteiger partial charge is 0.656 e. The number of pyridine rings is 1. The topological polar surface area (TPSA) is 49.7 Å². The van der Waals surface area contributed by atoms with Crippen LogP contribution in [0.4, 0.5) is 0 Å². The molecule has 4 aromatic heterocycles. The molecule has 5 nitrogen and oxygen atoms in total. The standard InChI is InChI=1S/C54H49N5.Pt/c1-52(2,3)34-22-25-37(26-23-34)58-47-21-13-18-39(33-15-12-16-38(29-33)59-46-20-11-10-17-40(46)41-19-14-28-55-50(41)59)49(47)57-51(58)44-32-36(54(7,8)9)31-43-42-30-35(53(4,5)6)24-27-45(42)56-48(43)44;/h10-28,30-32H,1-9H3;/q-2;+2. The molecule has 0 atom stereocenters. The Morgan fingerprint density at radius 1 is 0.533 bits per heavy atom. The van der Waals surface area contributed by atoms with E-state index in [0.29, 0.717) is 0 Å². The average Bonchev–Trinajstić information content (AvgIpc) is 3.89. The first-order valence-electron chi connectivity index (χ1n) is 20.7. The van der Waals surface area contributed by atoms with E-state index >= 15 is 0 Å². The van der Waals surface area contributed by atoms with Crippen LogP contribution in [0.25, 0.3) is 88.7 Å². The summed E-state index contributed by atoms with van der Waals surface area (Å²) in [6.45, 7) is 20.5. The SMILES string of the molecule is CC(C)(C)c1ccc(-n2c(-c3cc(C(C)(C)C)cc4c3[n-]c3ccc(C(C)(C)C)cc34)nc3c(-c4[c-]c(-n5c6ccccc6c6cccnc65)ccc4)cccc32)cc1.[Pt+2]. The van der Waals surface area contributed by atoms with Crippen LogP contribution in [0.1, 0.15) is 79.0 Å². The zero-order chi connectivity index (χ0) is 41.0. The molecule has 0 N–H and O–H groups in total. The number of imidazole rings is 1. The second-order valence-corrected chi connectivity index (χ2v) is 19.2. The van der Waals surface area contributed by atoms with Gasteiger partial charge < -0.3 is 9.55 Å². The summed E-state index contributed by atoms with van der Waals surface area (Å²) >= 11 is 0. The van der Waals surface area contributed by atoms with Gasteiger partial charge in [-0.1, -0.05) is 135 Å². The third-order valence-electron chi connectivity index (χ3n) is 12.0. The van der Waals surface area contributed by atoms with Crippen molar-refractivity contribution in [3.05, 3.63) is 156 Å². The molecule has 6 aromatic carbocycles. The fourth-order valence-electron chi connectivity index (χ4n) is 8.65. The van der Waals surface area contributed by atoms with E-state index in [-0.39, 0.29) is 37.3 Å². The maximum absolute atomic E-state index is 5.68. The molecule has 0 aliphatic heterocycles. The molecule has 0 aliphatic carbocycles. The van der Waals surface area contributed by atoms with Gasteiger partial charge in [0.15, 0.2) is 0 Å². The Kier molecular flexibility index (Phi) is 9.37. The van der Waals surface area contributed by atoms with Gasteiger partial charge in [-0.25, -0.2) is 9.97 Å². The van der Waals surface area contributed by atoms with E-state index < -0.39 is 0 Å². The molecule has 0 saturated heterocycles. The quantitative estimate of drug-likeness (QED) is 0.165. The average molecular weight is 963 g/mol. The summed E-state index contributed by atoms with van der Waals surface area (Å²) < 4.78 is 4.56. The zero-order valence-electron chi connectivity index (χ0n) is 35.8. The third-order valence-corrected chi connectivity index (χ3v) is 12.0. The number of fused-ring (bicyclic) bond motifs is 7. The van der Waals surface area contributed by atoms with Crippen LogP contribution in [0, 0.1) is 6.07 Å². The monoisotopic (exact) mass is 962 g/mol. The predicted octanol–water partition coefficient (Wildman–Crippen LogP) is 13.8. The molecule has 6 heteroatoms. The Balaban J connectivity index is 0.00000462. The van der Waals surface area contributed by atoms with Crippen LogP contribution in [0.3, 0.4) is 0 Å². The molecule has 0 saturated carbocycles. The van der Waals surface area contributed by atoms with E-state index in [9.17, 15) is 0 Å². The van der Waals surface area contributed by atoms with Crippen molar-refractivity contribution in [1.29, 1.82) is 0 Å². The second kappa shape index (κ2) is 14.2. The van der Waals surface area contributed by atoms with Gasteiger partial charge in [0.25, 0.3) is 0 Å². The Morgan fingerprint density at radius 2 is 1.20 bits per heavy atom. The number of hydrogen-bond donors (Lipinski definition) is 0. The molecule has 10 aromatic rings. The molecule has 60 heavy (non-hydrogen) atoms. The number of benzene rings is 6. The maximum Gasteiger partial charge on any atom is 2.00 e. The van der Waals surface area contributed by atoms with E-state index in [2.05, 4.69) is 199 Å². The first-order valence-corrected chi connectivity index (χ1v) is 20.7. The summed E-state index contributed by atoms with van der Waals surface area (Å²) in [5.41, 5.74) is 14.7. The third kappa shape index (κ3) is 6.50. The molecule has 0 bridgehead atoms. The summed E-state index contributed by atoms with van der Waals surface area (Å²) in [6.07, 6.45) is 1.87. The largest absolute Gasteiger partial charge is 2.00 e. The van der Waals surface area contributed by atoms with Gasteiger partial charge in [-0.05, 0) is 91.9 Å². The van der Waals surface area contributed by atoms with Gasteiger partial charge in [0.1, 0.15) is 11.5 Å². The van der Waals surface area contributed by atoms with Crippen molar-refractivity contribution in [2.45, 2.75) is 78.6 Å². The van der Waals surface area contributed by atoms with Crippen LogP contribution < -0.4 is 4.98 Å². The zero-order valence-corrected chi connectivity index (χ0v) is 38.0. The first-order chi connectivity index (χ1) is 28.1. The normalized spacial score (nSPS) is 12.6. The summed E-state index contributed by atoms with van der Waals surface area (Å²) in [4.78, 5) is 15.9. The molecule has 0 spiro atoms. The van der Waals surface area contributed by atoms with Crippen molar-refractivity contribution in [2.75, 3.05) is 0 Å². The molecule has 0 aliphatic rings. The van der Waals surface area contributed by atoms with Crippen LogP contribution in [0.5, 0.6) is 0 Å². The minimum atomic E-state index is -0.110. The Bertz CT molecular complexity index is 3210. The maximum atomic E-state index is 5.68. The van der Waals surface area contributed by atoms with Gasteiger partial charge in [0.2, 0.25) is 0 Å². The summed E-state index contributed by atoms with van der Waals surface area (Å²) in [6, 6.07) is 49.9. The minimum absolute atomic E-state index is 0. The number of para-hydroxylation sites is 2. The van der Waals surface area contributed by atoms with E-state index in [1.165, 1.54) is 27.5 Å². The van der Waals surface area contributed by atoms with Gasteiger partial charge in [-0.3, -0.25) is 4.57 Å².